The minimum absolute atomic E-state index is 0.0608. The molecule has 1 unspecified atom stereocenters. The van der Waals surface area contributed by atoms with Gasteiger partial charge in [-0.15, -0.1) is 0 Å². The van der Waals surface area contributed by atoms with Crippen molar-refractivity contribution in [1.29, 1.82) is 0 Å². The van der Waals surface area contributed by atoms with Crippen LogP contribution in [-0.2, 0) is 9.53 Å². The molecule has 1 rings (SSSR count). The first-order valence-corrected chi connectivity index (χ1v) is 9.06. The molecular weight excluding hydrogens is 343 g/mol. The fourth-order valence-electron chi connectivity index (χ4n) is 1.41. The molecule has 0 aromatic heterocycles. The molecule has 5 heteroatoms. The molecule has 0 bridgehead atoms. The van der Waals surface area contributed by atoms with Gasteiger partial charge in [-0.2, -0.15) is 0 Å². The lowest BCUT2D eigenvalue weighted by molar-refractivity contribution is -0.108. The predicted octanol–water partition coefficient (Wildman–Crippen LogP) is 5.27. The number of benzene rings is 1. The maximum atomic E-state index is 13.3. The summed E-state index contributed by atoms with van der Waals surface area (Å²) in [6.07, 6.45) is 5.64. The van der Waals surface area contributed by atoms with E-state index < -0.39 is 11.7 Å². The molecule has 1 atom stereocenters. The van der Waals surface area contributed by atoms with E-state index in [1.54, 1.807) is 31.4 Å². The van der Waals surface area contributed by atoms with Gasteiger partial charge in [-0.25, -0.2) is 4.39 Å². The molecule has 0 radical (unpaired) electrons. The number of aldehydes is 1. The summed E-state index contributed by atoms with van der Waals surface area (Å²) in [6.45, 7) is 18.1. The zero-order valence-electron chi connectivity index (χ0n) is 18.1. The molecule has 0 heterocycles. The summed E-state index contributed by atoms with van der Waals surface area (Å²) in [5.74, 6) is -1.10. The molecular formula is C22H39FN2O2. The Labute approximate surface area is 165 Å². The molecule has 156 valence electrons. The number of nitrogens with two attached hydrogens (primary N) is 2. The van der Waals surface area contributed by atoms with Crippen molar-refractivity contribution in [2.75, 3.05) is 26.5 Å². The highest BCUT2D eigenvalue weighted by molar-refractivity contribution is 5.69. The molecule has 27 heavy (non-hydrogen) atoms. The van der Waals surface area contributed by atoms with Gasteiger partial charge in [0.2, 0.25) is 0 Å². The Morgan fingerprint density at radius 2 is 1.74 bits per heavy atom. The van der Waals surface area contributed by atoms with E-state index in [0.717, 1.165) is 12.9 Å². The minimum atomic E-state index is -0.568. The van der Waals surface area contributed by atoms with Crippen LogP contribution in [0.5, 0.6) is 0 Å². The van der Waals surface area contributed by atoms with E-state index in [9.17, 15) is 9.18 Å². The molecule has 1 aromatic carbocycles. The summed E-state index contributed by atoms with van der Waals surface area (Å²) in [7, 11) is 3.18. The van der Waals surface area contributed by atoms with Crippen LogP contribution >= 0.6 is 0 Å². The van der Waals surface area contributed by atoms with Crippen LogP contribution < -0.4 is 11.5 Å². The highest BCUT2D eigenvalue weighted by atomic mass is 19.1. The Morgan fingerprint density at radius 1 is 1.26 bits per heavy atom. The number of rotatable bonds is 6. The van der Waals surface area contributed by atoms with Gasteiger partial charge in [0.05, 0.1) is 11.6 Å². The number of methoxy groups -OCH3 is 1. The fourth-order valence-corrected chi connectivity index (χ4v) is 1.41. The fraction of sp³-hybridized carbons (Fsp3) is 0.409. The van der Waals surface area contributed by atoms with E-state index in [4.69, 9.17) is 5.73 Å². The van der Waals surface area contributed by atoms with Gasteiger partial charge in [0.1, 0.15) is 12.1 Å². The van der Waals surface area contributed by atoms with Gasteiger partial charge in [-0.05, 0) is 37.2 Å². The number of hydrogen-bond donors (Lipinski definition) is 2. The van der Waals surface area contributed by atoms with Crippen LogP contribution in [0.3, 0.4) is 0 Å². The highest BCUT2D eigenvalue weighted by Gasteiger charge is 2.13. The second kappa shape index (κ2) is 26.0. The van der Waals surface area contributed by atoms with Crippen molar-refractivity contribution in [3.8, 4) is 0 Å². The topological polar surface area (TPSA) is 78.3 Å². The molecule has 0 aliphatic carbocycles. The highest BCUT2D eigenvalue weighted by Crippen LogP contribution is 2.24. The van der Waals surface area contributed by atoms with Crippen LogP contribution in [0.4, 0.5) is 10.1 Å². The molecule has 0 amide bonds. The van der Waals surface area contributed by atoms with Crippen molar-refractivity contribution in [2.45, 2.75) is 40.5 Å². The zero-order chi connectivity index (χ0) is 22.3. The third-order valence-corrected chi connectivity index (χ3v) is 2.65. The molecule has 4 N–H and O–H groups in total. The molecule has 0 aliphatic rings. The lowest BCUT2D eigenvalue weighted by Gasteiger charge is -2.11. The van der Waals surface area contributed by atoms with Gasteiger partial charge in [0.25, 0.3) is 0 Å². The summed E-state index contributed by atoms with van der Waals surface area (Å²) < 4.78 is 17.8. The van der Waals surface area contributed by atoms with E-state index in [1.807, 2.05) is 34.6 Å². The summed E-state index contributed by atoms with van der Waals surface area (Å²) in [6, 6.07) is 4.30. The third-order valence-electron chi connectivity index (χ3n) is 2.65. The van der Waals surface area contributed by atoms with Crippen LogP contribution in [0.1, 0.15) is 46.1 Å². The van der Waals surface area contributed by atoms with Gasteiger partial charge < -0.3 is 21.0 Å². The van der Waals surface area contributed by atoms with E-state index in [2.05, 4.69) is 23.6 Å². The summed E-state index contributed by atoms with van der Waals surface area (Å²) >= 11 is 0. The number of allylic oxidation sites excluding steroid dienone is 4. The van der Waals surface area contributed by atoms with Crippen LogP contribution in [0.15, 0.2) is 55.2 Å². The summed E-state index contributed by atoms with van der Waals surface area (Å²) in [5.41, 5.74) is 11.0. The molecule has 0 saturated carbocycles. The molecule has 0 aliphatic heterocycles. The first-order chi connectivity index (χ1) is 13.0. The Balaban J connectivity index is -0.000000224. The maximum absolute atomic E-state index is 13.3. The van der Waals surface area contributed by atoms with Gasteiger partial charge in [-0.1, -0.05) is 65.1 Å². The summed E-state index contributed by atoms with van der Waals surface area (Å²) in [4.78, 5) is 11.0. The smallest absolute Gasteiger partial charge is 0.146 e. The van der Waals surface area contributed by atoms with E-state index in [-0.39, 0.29) is 5.69 Å². The zero-order valence-corrected chi connectivity index (χ0v) is 18.1. The largest absolute Gasteiger partial charge is 0.396 e. The standard InChI is InChI=1S/C14H14FNO.C3H8O.2C2H6.CH5N/c1-3-4-5-10(2)12(9-17)11-6-7-14(16)13(15)8-11;1-3-4-2;3*1-2/h3-9,12H,1-2,16H2;3H2,1-2H3;2*1-2H3;2H2,1H3/b5-4-;;;;. The normalized spacial score (nSPS) is 9.52. The lowest BCUT2D eigenvalue weighted by atomic mass is 9.93. The van der Waals surface area contributed by atoms with Crippen LogP contribution in [0, 0.1) is 5.82 Å². The average molecular weight is 383 g/mol. The predicted molar refractivity (Wildman–Crippen MR) is 118 cm³/mol. The van der Waals surface area contributed by atoms with Gasteiger partial charge in [0.15, 0.2) is 0 Å². The van der Waals surface area contributed by atoms with E-state index in [1.165, 1.54) is 19.2 Å². The van der Waals surface area contributed by atoms with Crippen LogP contribution in [0.25, 0.3) is 0 Å². The minimum Gasteiger partial charge on any atom is -0.396 e. The summed E-state index contributed by atoms with van der Waals surface area (Å²) in [5, 5.41) is 0. The van der Waals surface area contributed by atoms with Crippen molar-refractivity contribution >= 4 is 12.0 Å². The van der Waals surface area contributed by atoms with Crippen molar-refractivity contribution < 1.29 is 13.9 Å². The lowest BCUT2D eigenvalue weighted by Crippen LogP contribution is -2.03. The molecule has 0 spiro atoms. The molecule has 0 saturated heterocycles. The number of ether oxygens (including phenoxy) is 1. The SMILES string of the molecule is C=C/C=C\C(=C)C(C=O)c1ccc(N)c(F)c1.CC.CC.CCOC.CN. The van der Waals surface area contributed by atoms with Crippen LogP contribution in [-0.4, -0.2) is 27.1 Å². The van der Waals surface area contributed by atoms with Crippen molar-refractivity contribution in [3.05, 3.63) is 66.5 Å². The van der Waals surface area contributed by atoms with E-state index in [0.29, 0.717) is 11.1 Å². The number of hydrogen-bond acceptors (Lipinski definition) is 4. The Bertz CT molecular complexity index is 513. The van der Waals surface area contributed by atoms with Gasteiger partial charge in [0, 0.05) is 13.7 Å². The first kappa shape index (κ1) is 32.4. The Kier molecular flexibility index (Phi) is 31.2. The number of halogens is 1. The second-order valence-electron chi connectivity index (χ2n) is 4.14. The second-order valence-corrected chi connectivity index (χ2v) is 4.14. The van der Waals surface area contributed by atoms with Crippen molar-refractivity contribution in [2.24, 2.45) is 5.73 Å². The van der Waals surface area contributed by atoms with Crippen molar-refractivity contribution in [3.63, 3.8) is 0 Å². The van der Waals surface area contributed by atoms with Crippen LogP contribution in [0.2, 0.25) is 0 Å². The third kappa shape index (κ3) is 17.0. The van der Waals surface area contributed by atoms with Gasteiger partial charge >= 0.3 is 0 Å². The number of nitrogen functional groups attached to an aromatic ring is 1. The molecule has 4 nitrogen and oxygen atoms in total. The maximum Gasteiger partial charge on any atom is 0.146 e. The van der Waals surface area contributed by atoms with Gasteiger partial charge in [-0.3, -0.25) is 0 Å². The Hall–Kier alpha value is -2.24. The molecule has 0 fully saturated rings. The number of anilines is 1. The number of carbonyl (C=O) groups excluding carboxylic acids is 1. The molecule has 1 aromatic rings. The quantitative estimate of drug-likeness (QED) is 0.399. The van der Waals surface area contributed by atoms with E-state index >= 15 is 0 Å². The van der Waals surface area contributed by atoms with Crippen molar-refractivity contribution in [1.82, 2.24) is 0 Å². The average Bonchev–Trinajstić information content (AvgIpc) is 2.74. The number of carbonyl (C=O) groups is 1. The Morgan fingerprint density at radius 3 is 2.07 bits per heavy atom. The first-order valence-electron chi connectivity index (χ1n) is 9.06. The monoisotopic (exact) mass is 382 g/mol.